The Hall–Kier alpha value is -2.38. The summed E-state index contributed by atoms with van der Waals surface area (Å²) >= 11 is 0. The molecule has 3 rings (SSSR count). The third-order valence-corrected chi connectivity index (χ3v) is 5.89. The molecular weight excluding hydrogens is 400 g/mol. The summed E-state index contributed by atoms with van der Waals surface area (Å²) in [4.78, 5) is 15.6. The second-order valence-corrected chi connectivity index (χ2v) is 9.35. The molecule has 0 aliphatic carbocycles. The molecule has 7 heteroatoms. The Balaban J connectivity index is 1.71. The molecule has 1 unspecified atom stereocenters. The highest BCUT2D eigenvalue weighted by Crippen LogP contribution is 2.32. The Morgan fingerprint density at radius 3 is 2.60 bits per heavy atom. The molecule has 0 radical (unpaired) electrons. The number of rotatable bonds is 7. The number of amides is 1. The average molecular weight is 431 g/mol. The van der Waals surface area contributed by atoms with Gasteiger partial charge >= 0.3 is 0 Å². The van der Waals surface area contributed by atoms with Crippen molar-refractivity contribution < 1.29 is 18.5 Å². The van der Waals surface area contributed by atoms with Gasteiger partial charge in [-0.05, 0) is 50.6 Å². The number of nitrogens with zero attached hydrogens (tertiary/aromatic N) is 1. The normalized spacial score (nSPS) is 16.7. The van der Waals surface area contributed by atoms with Crippen molar-refractivity contribution in [2.24, 2.45) is 0 Å². The van der Waals surface area contributed by atoms with Crippen molar-refractivity contribution in [1.82, 2.24) is 0 Å². The molecule has 1 saturated heterocycles. The predicted octanol–water partition coefficient (Wildman–Crippen LogP) is 3.62. The zero-order valence-electron chi connectivity index (χ0n) is 18.1. The fraction of sp³-hybridized carbons (Fsp3) is 0.435. The van der Waals surface area contributed by atoms with E-state index in [2.05, 4.69) is 24.1 Å². The zero-order chi connectivity index (χ0) is 21.7. The molecular formula is C23H30N2O4S. The summed E-state index contributed by atoms with van der Waals surface area (Å²) < 4.78 is 23.1. The lowest BCUT2D eigenvalue weighted by Gasteiger charge is -2.39. The maximum Gasteiger partial charge on any atom is 0.228 e. The molecule has 0 bridgehead atoms. The van der Waals surface area contributed by atoms with Gasteiger partial charge in [-0.25, -0.2) is 0 Å². The molecule has 30 heavy (non-hydrogen) atoms. The number of morpholine rings is 1. The highest BCUT2D eigenvalue weighted by Gasteiger charge is 2.27. The SMILES string of the molecule is CCOc1cc(N2CCOC(C)(C)C2)ccc1NC(=O)Cc1ccc(S(C)=O)cc1. The minimum Gasteiger partial charge on any atom is -0.492 e. The number of carbonyl (C=O) groups is 1. The van der Waals surface area contributed by atoms with Crippen LogP contribution < -0.4 is 15.0 Å². The van der Waals surface area contributed by atoms with Gasteiger partial charge in [0, 0.05) is 46.8 Å². The van der Waals surface area contributed by atoms with Gasteiger partial charge in [-0.1, -0.05) is 12.1 Å². The van der Waals surface area contributed by atoms with Crippen LogP contribution in [-0.4, -0.2) is 48.3 Å². The van der Waals surface area contributed by atoms with Gasteiger partial charge in [0.05, 0.1) is 30.9 Å². The molecule has 2 aromatic rings. The van der Waals surface area contributed by atoms with Gasteiger partial charge in [0.15, 0.2) is 0 Å². The van der Waals surface area contributed by atoms with Crippen LogP contribution in [0.5, 0.6) is 5.75 Å². The largest absolute Gasteiger partial charge is 0.492 e. The number of nitrogens with one attached hydrogen (secondary N) is 1. The number of carbonyl (C=O) groups excluding carboxylic acids is 1. The smallest absolute Gasteiger partial charge is 0.228 e. The van der Waals surface area contributed by atoms with Crippen molar-refractivity contribution in [1.29, 1.82) is 0 Å². The van der Waals surface area contributed by atoms with Gasteiger partial charge in [-0.15, -0.1) is 0 Å². The van der Waals surface area contributed by atoms with Crippen LogP contribution in [0.15, 0.2) is 47.4 Å². The zero-order valence-corrected chi connectivity index (χ0v) is 18.9. The van der Waals surface area contributed by atoms with Crippen molar-refractivity contribution in [2.45, 2.75) is 37.7 Å². The second-order valence-electron chi connectivity index (χ2n) is 7.97. The standard InChI is InChI=1S/C23H30N2O4S/c1-5-28-21-15-18(25-12-13-29-23(2,3)16-25)8-11-20(21)24-22(26)14-17-6-9-19(10-7-17)30(4)27/h6-11,15H,5,12-14,16H2,1-4H3,(H,24,26). The first-order chi connectivity index (χ1) is 14.3. The lowest BCUT2D eigenvalue weighted by molar-refractivity contribution is -0.115. The van der Waals surface area contributed by atoms with Crippen LogP contribution in [0.1, 0.15) is 26.3 Å². The topological polar surface area (TPSA) is 67.9 Å². The fourth-order valence-corrected chi connectivity index (χ4v) is 4.02. The Labute approximate surface area is 181 Å². The highest BCUT2D eigenvalue weighted by atomic mass is 32.2. The van der Waals surface area contributed by atoms with E-state index in [-0.39, 0.29) is 17.9 Å². The van der Waals surface area contributed by atoms with Gasteiger partial charge in [0.2, 0.25) is 5.91 Å². The monoisotopic (exact) mass is 430 g/mol. The summed E-state index contributed by atoms with van der Waals surface area (Å²) in [7, 11) is -1.03. The Kier molecular flexibility index (Phi) is 7.15. The Morgan fingerprint density at radius 1 is 1.23 bits per heavy atom. The maximum atomic E-state index is 12.6. The summed E-state index contributed by atoms with van der Waals surface area (Å²) in [5.41, 5.74) is 2.38. The van der Waals surface area contributed by atoms with Crippen LogP contribution in [0.3, 0.4) is 0 Å². The van der Waals surface area contributed by atoms with Crippen LogP contribution in [0, 0.1) is 0 Å². The van der Waals surface area contributed by atoms with Gasteiger partial charge in [0.1, 0.15) is 5.75 Å². The number of hydrogen-bond acceptors (Lipinski definition) is 5. The van der Waals surface area contributed by atoms with Crippen LogP contribution in [0.2, 0.25) is 0 Å². The molecule has 1 N–H and O–H groups in total. The van der Waals surface area contributed by atoms with Gasteiger partial charge in [-0.3, -0.25) is 9.00 Å². The lowest BCUT2D eigenvalue weighted by atomic mass is 10.1. The van der Waals surface area contributed by atoms with Crippen LogP contribution >= 0.6 is 0 Å². The van der Waals surface area contributed by atoms with E-state index in [1.165, 1.54) is 0 Å². The van der Waals surface area contributed by atoms with Crippen LogP contribution in [0.25, 0.3) is 0 Å². The van der Waals surface area contributed by atoms with E-state index in [1.54, 1.807) is 18.4 Å². The Bertz CT molecular complexity index is 912. The van der Waals surface area contributed by atoms with Crippen molar-refractivity contribution in [3.63, 3.8) is 0 Å². The maximum absolute atomic E-state index is 12.6. The molecule has 1 atom stereocenters. The van der Waals surface area contributed by atoms with E-state index >= 15 is 0 Å². The third-order valence-electron chi connectivity index (χ3n) is 4.95. The van der Waals surface area contributed by atoms with E-state index in [0.29, 0.717) is 24.7 Å². The number of ether oxygens (including phenoxy) is 2. The molecule has 2 aromatic carbocycles. The third kappa shape index (κ3) is 5.83. The summed E-state index contributed by atoms with van der Waals surface area (Å²) in [5, 5.41) is 2.96. The van der Waals surface area contributed by atoms with Crippen molar-refractivity contribution in [3.8, 4) is 5.75 Å². The fourth-order valence-electron chi connectivity index (χ4n) is 3.50. The van der Waals surface area contributed by atoms with E-state index < -0.39 is 10.8 Å². The molecule has 162 valence electrons. The van der Waals surface area contributed by atoms with E-state index in [4.69, 9.17) is 9.47 Å². The molecule has 1 fully saturated rings. The molecule has 1 aliphatic heterocycles. The average Bonchev–Trinajstić information content (AvgIpc) is 2.69. The molecule has 0 aromatic heterocycles. The highest BCUT2D eigenvalue weighted by molar-refractivity contribution is 7.84. The molecule has 6 nitrogen and oxygen atoms in total. The summed E-state index contributed by atoms with van der Waals surface area (Å²) in [6.07, 6.45) is 1.88. The minimum absolute atomic E-state index is 0.124. The summed E-state index contributed by atoms with van der Waals surface area (Å²) in [6, 6.07) is 13.1. The van der Waals surface area contributed by atoms with Gasteiger partial charge in [-0.2, -0.15) is 0 Å². The number of benzene rings is 2. The summed E-state index contributed by atoms with van der Waals surface area (Å²) in [5.74, 6) is 0.533. The number of anilines is 2. The first-order valence-electron chi connectivity index (χ1n) is 10.2. The Morgan fingerprint density at radius 2 is 1.97 bits per heavy atom. The first-order valence-corrected chi connectivity index (χ1v) is 11.7. The first kappa shape index (κ1) is 22.3. The van der Waals surface area contributed by atoms with Gasteiger partial charge in [0.25, 0.3) is 0 Å². The quantitative estimate of drug-likeness (QED) is 0.727. The van der Waals surface area contributed by atoms with E-state index in [1.807, 2.05) is 37.3 Å². The van der Waals surface area contributed by atoms with Crippen molar-refractivity contribution in [3.05, 3.63) is 48.0 Å². The van der Waals surface area contributed by atoms with Crippen molar-refractivity contribution in [2.75, 3.05) is 42.8 Å². The molecule has 0 spiro atoms. The molecule has 0 saturated carbocycles. The van der Waals surface area contributed by atoms with E-state index in [9.17, 15) is 9.00 Å². The predicted molar refractivity (Wildman–Crippen MR) is 121 cm³/mol. The number of hydrogen-bond donors (Lipinski definition) is 1. The van der Waals surface area contributed by atoms with Gasteiger partial charge < -0.3 is 19.7 Å². The van der Waals surface area contributed by atoms with Crippen molar-refractivity contribution >= 4 is 28.1 Å². The minimum atomic E-state index is -1.03. The molecule has 1 amide bonds. The van der Waals surface area contributed by atoms with E-state index in [0.717, 1.165) is 29.2 Å². The molecule has 1 heterocycles. The van der Waals surface area contributed by atoms with Crippen LogP contribution in [-0.2, 0) is 26.8 Å². The lowest BCUT2D eigenvalue weighted by Crippen LogP contribution is -2.48. The second kappa shape index (κ2) is 9.62. The molecule has 1 aliphatic rings. The van der Waals surface area contributed by atoms with Crippen LogP contribution in [0.4, 0.5) is 11.4 Å². The summed E-state index contributed by atoms with van der Waals surface area (Å²) in [6.45, 7) is 8.90.